The summed E-state index contributed by atoms with van der Waals surface area (Å²) in [6.45, 7) is 2.16. The Labute approximate surface area is 183 Å². The fraction of sp³-hybridized carbons (Fsp3) is 0.292. The molecule has 1 amide bonds. The van der Waals surface area contributed by atoms with E-state index in [1.165, 1.54) is 5.56 Å². The van der Waals surface area contributed by atoms with Crippen LogP contribution in [0.1, 0.15) is 27.3 Å². The summed E-state index contributed by atoms with van der Waals surface area (Å²) in [5.41, 5.74) is 3.02. The fourth-order valence-corrected chi connectivity index (χ4v) is 3.21. The van der Waals surface area contributed by atoms with Crippen LogP contribution < -0.4 is 10.6 Å². The van der Waals surface area contributed by atoms with E-state index in [1.54, 1.807) is 26.0 Å². The maximum atomic E-state index is 12.0. The highest BCUT2D eigenvalue weighted by atomic mass is 16.2. The number of carbonyl (C=O) groups is 1. The average Bonchev–Trinajstić information content (AvgIpc) is 3.23. The summed E-state index contributed by atoms with van der Waals surface area (Å²) in [7, 11) is 5.26. The summed E-state index contributed by atoms with van der Waals surface area (Å²) in [5.74, 6) is 1.77. The SMILES string of the molecule is CN=C(NCCc1nccn1Cc1ccccc1)NCc1ccc(C(=O)N(C)C)cc1. The third-order valence-corrected chi connectivity index (χ3v) is 4.93. The highest BCUT2D eigenvalue weighted by molar-refractivity contribution is 5.93. The number of amides is 1. The minimum absolute atomic E-state index is 0.00242. The summed E-state index contributed by atoms with van der Waals surface area (Å²) < 4.78 is 2.17. The maximum absolute atomic E-state index is 12.0. The van der Waals surface area contributed by atoms with Crippen LogP contribution in [0.2, 0.25) is 0 Å². The number of aliphatic imine (C=N–C) groups is 1. The normalized spacial score (nSPS) is 11.3. The zero-order valence-electron chi connectivity index (χ0n) is 18.4. The van der Waals surface area contributed by atoms with E-state index in [1.807, 2.05) is 42.7 Å². The Balaban J connectivity index is 1.46. The molecule has 3 aromatic rings. The summed E-state index contributed by atoms with van der Waals surface area (Å²) in [5, 5.41) is 6.65. The second-order valence-electron chi connectivity index (χ2n) is 7.46. The van der Waals surface area contributed by atoms with E-state index in [2.05, 4.69) is 49.4 Å². The molecule has 7 heteroatoms. The van der Waals surface area contributed by atoms with Gasteiger partial charge in [-0.1, -0.05) is 42.5 Å². The van der Waals surface area contributed by atoms with Gasteiger partial charge in [-0.15, -0.1) is 0 Å². The van der Waals surface area contributed by atoms with Gasteiger partial charge in [0.2, 0.25) is 0 Å². The molecule has 0 bridgehead atoms. The number of hydrogen-bond acceptors (Lipinski definition) is 3. The van der Waals surface area contributed by atoms with Crippen molar-refractivity contribution in [2.75, 3.05) is 27.7 Å². The van der Waals surface area contributed by atoms with Gasteiger partial charge in [0.15, 0.2) is 5.96 Å². The summed E-state index contributed by atoms with van der Waals surface area (Å²) >= 11 is 0. The van der Waals surface area contributed by atoms with Crippen LogP contribution in [0.3, 0.4) is 0 Å². The molecular formula is C24H30N6O. The molecular weight excluding hydrogens is 388 g/mol. The van der Waals surface area contributed by atoms with E-state index in [4.69, 9.17) is 0 Å². The molecule has 0 saturated heterocycles. The summed E-state index contributed by atoms with van der Waals surface area (Å²) in [4.78, 5) is 22.3. The van der Waals surface area contributed by atoms with Crippen LogP contribution in [-0.4, -0.2) is 54.0 Å². The van der Waals surface area contributed by atoms with Crippen molar-refractivity contribution in [2.24, 2.45) is 4.99 Å². The van der Waals surface area contributed by atoms with Gasteiger partial charge < -0.3 is 20.1 Å². The van der Waals surface area contributed by atoms with E-state index in [0.717, 1.165) is 36.9 Å². The van der Waals surface area contributed by atoms with Crippen molar-refractivity contribution < 1.29 is 4.79 Å². The molecule has 162 valence electrons. The lowest BCUT2D eigenvalue weighted by molar-refractivity contribution is 0.0827. The van der Waals surface area contributed by atoms with E-state index < -0.39 is 0 Å². The van der Waals surface area contributed by atoms with Gasteiger partial charge in [-0.2, -0.15) is 0 Å². The van der Waals surface area contributed by atoms with Crippen molar-refractivity contribution in [3.8, 4) is 0 Å². The molecule has 0 aliphatic rings. The minimum Gasteiger partial charge on any atom is -0.356 e. The lowest BCUT2D eigenvalue weighted by atomic mass is 10.1. The van der Waals surface area contributed by atoms with Crippen molar-refractivity contribution in [2.45, 2.75) is 19.5 Å². The number of imidazole rings is 1. The second kappa shape index (κ2) is 11.0. The highest BCUT2D eigenvalue weighted by Crippen LogP contribution is 2.07. The van der Waals surface area contributed by atoms with Gasteiger partial charge in [0.25, 0.3) is 5.91 Å². The average molecular weight is 419 g/mol. The monoisotopic (exact) mass is 418 g/mol. The third-order valence-electron chi connectivity index (χ3n) is 4.93. The Bertz CT molecular complexity index is 992. The van der Waals surface area contributed by atoms with Crippen molar-refractivity contribution in [3.63, 3.8) is 0 Å². The quantitative estimate of drug-likeness (QED) is 0.436. The molecule has 0 aliphatic carbocycles. The molecule has 2 aromatic carbocycles. The zero-order valence-corrected chi connectivity index (χ0v) is 18.4. The van der Waals surface area contributed by atoms with Crippen LogP contribution in [0.4, 0.5) is 0 Å². The van der Waals surface area contributed by atoms with Crippen molar-refractivity contribution >= 4 is 11.9 Å². The smallest absolute Gasteiger partial charge is 0.253 e. The van der Waals surface area contributed by atoms with Crippen molar-refractivity contribution in [1.82, 2.24) is 25.1 Å². The van der Waals surface area contributed by atoms with Gasteiger partial charge in [0, 0.05) is 65.2 Å². The Morgan fingerprint density at radius 3 is 2.45 bits per heavy atom. The number of nitrogens with one attached hydrogen (secondary N) is 2. The van der Waals surface area contributed by atoms with Gasteiger partial charge in [0.05, 0.1) is 0 Å². The number of rotatable bonds is 8. The molecule has 0 fully saturated rings. The molecule has 3 rings (SSSR count). The van der Waals surface area contributed by atoms with Crippen LogP contribution in [0, 0.1) is 0 Å². The Morgan fingerprint density at radius 2 is 1.77 bits per heavy atom. The number of hydrogen-bond donors (Lipinski definition) is 2. The van der Waals surface area contributed by atoms with Gasteiger partial charge in [-0.3, -0.25) is 9.79 Å². The fourth-order valence-electron chi connectivity index (χ4n) is 3.21. The number of benzene rings is 2. The topological polar surface area (TPSA) is 74.5 Å². The molecule has 0 radical (unpaired) electrons. The lowest BCUT2D eigenvalue weighted by Gasteiger charge is -2.13. The first-order valence-electron chi connectivity index (χ1n) is 10.4. The third kappa shape index (κ3) is 6.44. The molecule has 1 heterocycles. The molecule has 7 nitrogen and oxygen atoms in total. The second-order valence-corrected chi connectivity index (χ2v) is 7.46. The van der Waals surface area contributed by atoms with E-state index in [-0.39, 0.29) is 5.91 Å². The number of aromatic nitrogens is 2. The van der Waals surface area contributed by atoms with E-state index >= 15 is 0 Å². The molecule has 0 aliphatic heterocycles. The van der Waals surface area contributed by atoms with Crippen LogP contribution in [0.15, 0.2) is 72.0 Å². The minimum atomic E-state index is 0.00242. The molecule has 0 spiro atoms. The predicted molar refractivity (Wildman–Crippen MR) is 124 cm³/mol. The van der Waals surface area contributed by atoms with E-state index in [0.29, 0.717) is 12.1 Å². The first-order valence-corrected chi connectivity index (χ1v) is 10.4. The van der Waals surface area contributed by atoms with Gasteiger partial charge in [0.1, 0.15) is 5.82 Å². The van der Waals surface area contributed by atoms with Gasteiger partial charge >= 0.3 is 0 Å². The molecule has 31 heavy (non-hydrogen) atoms. The Hall–Kier alpha value is -3.61. The van der Waals surface area contributed by atoms with Crippen LogP contribution in [-0.2, 0) is 19.5 Å². The Kier molecular flexibility index (Phi) is 7.81. The molecule has 2 N–H and O–H groups in total. The lowest BCUT2D eigenvalue weighted by Crippen LogP contribution is -2.38. The first kappa shape index (κ1) is 22.1. The van der Waals surface area contributed by atoms with Crippen LogP contribution >= 0.6 is 0 Å². The summed E-state index contributed by atoms with van der Waals surface area (Å²) in [6, 6.07) is 18.0. The molecule has 0 saturated carbocycles. The molecule has 0 atom stereocenters. The first-order chi connectivity index (χ1) is 15.1. The number of carbonyl (C=O) groups excluding carboxylic acids is 1. The molecule has 1 aromatic heterocycles. The molecule has 0 unspecified atom stereocenters. The maximum Gasteiger partial charge on any atom is 0.253 e. The predicted octanol–water partition coefficient (Wildman–Crippen LogP) is 2.54. The van der Waals surface area contributed by atoms with E-state index in [9.17, 15) is 4.79 Å². The van der Waals surface area contributed by atoms with Crippen molar-refractivity contribution in [1.29, 1.82) is 0 Å². The largest absolute Gasteiger partial charge is 0.356 e. The zero-order chi connectivity index (χ0) is 22.1. The van der Waals surface area contributed by atoms with Crippen molar-refractivity contribution in [3.05, 3.63) is 89.5 Å². The Morgan fingerprint density at radius 1 is 1.03 bits per heavy atom. The highest BCUT2D eigenvalue weighted by Gasteiger charge is 2.08. The summed E-state index contributed by atoms with van der Waals surface area (Å²) in [6.07, 6.45) is 4.65. The number of nitrogens with zero attached hydrogens (tertiary/aromatic N) is 4. The van der Waals surface area contributed by atoms with Crippen LogP contribution in [0.25, 0.3) is 0 Å². The van der Waals surface area contributed by atoms with Gasteiger partial charge in [-0.05, 0) is 23.3 Å². The standard InChI is InChI=1S/C24H30N6O/c1-25-24(28-17-19-9-11-21(12-10-19)23(31)29(2)3)27-14-13-22-26-15-16-30(22)18-20-7-5-4-6-8-20/h4-12,15-16H,13-14,17-18H2,1-3H3,(H2,25,27,28). The number of guanidine groups is 1. The van der Waals surface area contributed by atoms with Crippen LogP contribution in [0.5, 0.6) is 0 Å². The van der Waals surface area contributed by atoms with Gasteiger partial charge in [-0.25, -0.2) is 4.98 Å².